The summed E-state index contributed by atoms with van der Waals surface area (Å²) < 4.78 is 15.5. The van der Waals surface area contributed by atoms with Crippen molar-refractivity contribution in [2.24, 2.45) is 7.05 Å². The number of carbonyl (C=O) groups is 1. The number of imidazole rings is 1. The summed E-state index contributed by atoms with van der Waals surface area (Å²) in [6.07, 6.45) is 3.89. The molecule has 0 saturated carbocycles. The maximum Gasteiger partial charge on any atom is 0.222 e. The Morgan fingerprint density at radius 2 is 2.31 bits per heavy atom. The number of thioether (sulfide) groups is 1. The van der Waals surface area contributed by atoms with Crippen molar-refractivity contribution in [2.45, 2.75) is 18.5 Å². The van der Waals surface area contributed by atoms with E-state index in [1.807, 2.05) is 29.6 Å². The summed E-state index contributed by atoms with van der Waals surface area (Å²) in [6, 6.07) is 5.99. The lowest BCUT2D eigenvalue weighted by atomic mass is 10.1. The Kier molecular flexibility index (Phi) is 9.43. The fourth-order valence-corrected chi connectivity index (χ4v) is 3.78. The predicted molar refractivity (Wildman–Crippen MR) is 108 cm³/mol. The molecule has 9 heteroatoms. The SMILES string of the molecule is Cl.Cl.Cn1ccnc1C(NC(=O)CC1CSCCN1)c1cccc(F)c1. The molecule has 1 saturated heterocycles. The fraction of sp³-hybridized carbons (Fsp3) is 0.412. The van der Waals surface area contributed by atoms with Crippen molar-refractivity contribution in [3.8, 4) is 0 Å². The molecule has 0 radical (unpaired) electrons. The number of nitrogens with zero attached hydrogens (tertiary/aromatic N) is 2. The van der Waals surface area contributed by atoms with E-state index in [2.05, 4.69) is 15.6 Å². The quantitative estimate of drug-likeness (QED) is 0.780. The van der Waals surface area contributed by atoms with Crippen LogP contribution >= 0.6 is 36.6 Å². The first-order valence-corrected chi connectivity index (χ1v) is 9.12. The summed E-state index contributed by atoms with van der Waals surface area (Å²) in [7, 11) is 1.86. The Labute approximate surface area is 169 Å². The van der Waals surface area contributed by atoms with E-state index in [1.165, 1.54) is 12.1 Å². The average Bonchev–Trinajstić information content (AvgIpc) is 2.99. The van der Waals surface area contributed by atoms with Crippen LogP contribution in [0, 0.1) is 5.82 Å². The predicted octanol–water partition coefficient (Wildman–Crippen LogP) is 2.70. The highest BCUT2D eigenvalue weighted by molar-refractivity contribution is 7.99. The summed E-state index contributed by atoms with van der Waals surface area (Å²) >= 11 is 1.85. The number of hydrogen-bond donors (Lipinski definition) is 2. The van der Waals surface area contributed by atoms with Gasteiger partial charge in [-0.15, -0.1) is 24.8 Å². The van der Waals surface area contributed by atoms with Gasteiger partial charge in [-0.2, -0.15) is 11.8 Å². The summed E-state index contributed by atoms with van der Waals surface area (Å²) in [5, 5.41) is 6.37. The topological polar surface area (TPSA) is 59.0 Å². The van der Waals surface area contributed by atoms with E-state index in [1.54, 1.807) is 18.3 Å². The van der Waals surface area contributed by atoms with Crippen molar-refractivity contribution in [3.05, 3.63) is 53.9 Å². The lowest BCUT2D eigenvalue weighted by Gasteiger charge is -2.24. The van der Waals surface area contributed by atoms with E-state index in [4.69, 9.17) is 0 Å². The number of carbonyl (C=O) groups excluding carboxylic acids is 1. The number of hydrogen-bond acceptors (Lipinski definition) is 4. The maximum absolute atomic E-state index is 13.6. The molecule has 0 bridgehead atoms. The summed E-state index contributed by atoms with van der Waals surface area (Å²) in [5.74, 6) is 2.30. The van der Waals surface area contributed by atoms with Gasteiger partial charge in [-0.25, -0.2) is 9.37 Å². The van der Waals surface area contributed by atoms with Crippen molar-refractivity contribution in [1.82, 2.24) is 20.2 Å². The highest BCUT2D eigenvalue weighted by atomic mass is 35.5. The van der Waals surface area contributed by atoms with Crippen LogP contribution in [0.2, 0.25) is 0 Å². The molecule has 1 aliphatic rings. The largest absolute Gasteiger partial charge is 0.342 e. The van der Waals surface area contributed by atoms with Crippen LogP contribution in [0.15, 0.2) is 36.7 Å². The zero-order valence-corrected chi connectivity index (χ0v) is 16.8. The van der Waals surface area contributed by atoms with Crippen molar-refractivity contribution in [1.29, 1.82) is 0 Å². The number of rotatable bonds is 5. The van der Waals surface area contributed by atoms with Crippen LogP contribution in [0.5, 0.6) is 0 Å². The van der Waals surface area contributed by atoms with Crippen molar-refractivity contribution in [3.63, 3.8) is 0 Å². The minimum atomic E-state index is -0.468. The molecule has 2 aromatic rings. The van der Waals surface area contributed by atoms with Gasteiger partial charge >= 0.3 is 0 Å². The number of halogens is 3. The third-order valence-corrected chi connectivity index (χ3v) is 5.17. The first-order chi connectivity index (χ1) is 11.6. The molecular formula is C17H23Cl2FN4OS. The van der Waals surface area contributed by atoms with E-state index in [0.29, 0.717) is 17.8 Å². The zero-order valence-electron chi connectivity index (χ0n) is 14.4. The second kappa shape index (κ2) is 10.8. The Morgan fingerprint density at radius 1 is 1.50 bits per heavy atom. The average molecular weight is 421 g/mol. The molecule has 1 aromatic carbocycles. The molecule has 1 fully saturated rings. The molecule has 2 unspecified atom stereocenters. The first kappa shape index (κ1) is 22.8. The molecule has 5 nitrogen and oxygen atoms in total. The van der Waals surface area contributed by atoms with Crippen LogP contribution in [-0.4, -0.2) is 39.6 Å². The maximum atomic E-state index is 13.6. The van der Waals surface area contributed by atoms with Gasteiger partial charge in [-0.05, 0) is 17.7 Å². The number of aryl methyl sites for hydroxylation is 1. The first-order valence-electron chi connectivity index (χ1n) is 7.96. The Balaban J connectivity index is 0.00000169. The molecule has 26 heavy (non-hydrogen) atoms. The second-order valence-corrected chi connectivity index (χ2v) is 7.03. The number of amides is 1. The Morgan fingerprint density at radius 3 is 2.92 bits per heavy atom. The van der Waals surface area contributed by atoms with Gasteiger partial charge in [0.1, 0.15) is 17.7 Å². The van der Waals surface area contributed by atoms with E-state index >= 15 is 0 Å². The molecule has 0 spiro atoms. The van der Waals surface area contributed by atoms with Gasteiger partial charge in [0.2, 0.25) is 5.91 Å². The summed E-state index contributed by atoms with van der Waals surface area (Å²) in [5.41, 5.74) is 0.684. The smallest absolute Gasteiger partial charge is 0.222 e. The van der Waals surface area contributed by atoms with Crippen LogP contribution in [0.25, 0.3) is 0 Å². The number of aromatic nitrogens is 2. The van der Waals surface area contributed by atoms with E-state index < -0.39 is 6.04 Å². The zero-order chi connectivity index (χ0) is 16.9. The van der Waals surface area contributed by atoms with Gasteiger partial charge in [-0.1, -0.05) is 12.1 Å². The Bertz CT molecular complexity index is 710. The third kappa shape index (κ3) is 5.87. The van der Waals surface area contributed by atoms with E-state index in [9.17, 15) is 9.18 Å². The minimum Gasteiger partial charge on any atom is -0.342 e. The van der Waals surface area contributed by atoms with Crippen LogP contribution in [0.3, 0.4) is 0 Å². The highest BCUT2D eigenvalue weighted by Gasteiger charge is 2.23. The van der Waals surface area contributed by atoms with Crippen LogP contribution in [0.1, 0.15) is 23.9 Å². The van der Waals surface area contributed by atoms with Gasteiger partial charge in [0.05, 0.1) is 0 Å². The molecule has 1 aromatic heterocycles. The number of benzene rings is 1. The van der Waals surface area contributed by atoms with Gasteiger partial charge in [0.15, 0.2) is 0 Å². The molecule has 1 aliphatic heterocycles. The van der Waals surface area contributed by atoms with E-state index in [-0.39, 0.29) is 42.6 Å². The lowest BCUT2D eigenvalue weighted by molar-refractivity contribution is -0.122. The Hall–Kier alpha value is -1.28. The molecule has 144 valence electrons. The molecule has 0 aliphatic carbocycles. The molecule has 1 amide bonds. The number of nitrogens with one attached hydrogen (secondary N) is 2. The monoisotopic (exact) mass is 420 g/mol. The molecule has 2 N–H and O–H groups in total. The summed E-state index contributed by atoms with van der Waals surface area (Å²) in [4.78, 5) is 16.8. The van der Waals surface area contributed by atoms with E-state index in [0.717, 1.165) is 18.1 Å². The van der Waals surface area contributed by atoms with Crippen molar-refractivity contribution >= 4 is 42.5 Å². The van der Waals surface area contributed by atoms with Gasteiger partial charge in [-0.3, -0.25) is 4.79 Å². The van der Waals surface area contributed by atoms with Crippen molar-refractivity contribution in [2.75, 3.05) is 18.1 Å². The van der Waals surface area contributed by atoms with Gasteiger partial charge in [0, 0.05) is 50.0 Å². The van der Waals surface area contributed by atoms with Gasteiger partial charge in [0.25, 0.3) is 0 Å². The van der Waals surface area contributed by atoms with Crippen LogP contribution in [0.4, 0.5) is 4.39 Å². The fourth-order valence-electron chi connectivity index (χ4n) is 2.83. The normalized spacial score (nSPS) is 17.5. The highest BCUT2D eigenvalue weighted by Crippen LogP contribution is 2.21. The molecule has 2 heterocycles. The minimum absolute atomic E-state index is 0. The molecule has 3 rings (SSSR count). The van der Waals surface area contributed by atoms with Crippen LogP contribution < -0.4 is 10.6 Å². The molecule has 2 atom stereocenters. The standard InChI is InChI=1S/C17H21FN4OS.2ClH/c1-22-7-5-20-17(22)16(12-3-2-4-13(18)9-12)21-15(23)10-14-11-24-8-6-19-14;;/h2-5,7,9,14,16,19H,6,8,10-11H2,1H3,(H,21,23);2*1H. The lowest BCUT2D eigenvalue weighted by Crippen LogP contribution is -2.42. The van der Waals surface area contributed by atoms with Crippen molar-refractivity contribution < 1.29 is 9.18 Å². The van der Waals surface area contributed by atoms with Gasteiger partial charge < -0.3 is 15.2 Å². The third-order valence-electron chi connectivity index (χ3n) is 4.03. The van der Waals surface area contributed by atoms with Crippen LogP contribution in [-0.2, 0) is 11.8 Å². The molecular weight excluding hydrogens is 398 g/mol. The summed E-state index contributed by atoms with van der Waals surface area (Å²) in [6.45, 7) is 0.926. The second-order valence-electron chi connectivity index (χ2n) is 5.88.